The van der Waals surface area contributed by atoms with Crippen molar-refractivity contribution in [2.45, 2.75) is 20.8 Å². The molecule has 3 aromatic rings. The van der Waals surface area contributed by atoms with Crippen LogP contribution in [0.2, 0.25) is 0 Å². The summed E-state index contributed by atoms with van der Waals surface area (Å²) in [4.78, 5) is 28.5. The molecule has 3 rings (SSSR count). The van der Waals surface area contributed by atoms with Crippen molar-refractivity contribution in [3.63, 3.8) is 0 Å². The van der Waals surface area contributed by atoms with Gasteiger partial charge in [0.05, 0.1) is 18.4 Å². The molecule has 6 heteroatoms. The summed E-state index contributed by atoms with van der Waals surface area (Å²) >= 11 is 0. The normalized spacial score (nSPS) is 10.8. The van der Waals surface area contributed by atoms with Crippen molar-refractivity contribution < 1.29 is 19.1 Å². The summed E-state index contributed by atoms with van der Waals surface area (Å²) in [5, 5.41) is 2.84. The van der Waals surface area contributed by atoms with Gasteiger partial charge in [-0.2, -0.15) is 0 Å². The van der Waals surface area contributed by atoms with E-state index in [-0.39, 0.29) is 12.5 Å². The number of aliphatic imine (C=N–C) groups is 1. The minimum Gasteiger partial charge on any atom is -0.484 e. The number of carbonyl (C=O) groups excluding carboxylic acids is 2. The van der Waals surface area contributed by atoms with Crippen molar-refractivity contribution in [2.75, 3.05) is 19.0 Å². The van der Waals surface area contributed by atoms with E-state index in [4.69, 9.17) is 9.47 Å². The number of esters is 1. The average molecular weight is 431 g/mol. The third-order valence-corrected chi connectivity index (χ3v) is 5.00. The van der Waals surface area contributed by atoms with Crippen molar-refractivity contribution in [3.05, 3.63) is 88.5 Å². The standard InChI is InChI=1S/C26H26N2O4/c1-17-9-11-22(12-19(17)3)28-25(29)16-32-23-7-5-6-20(13-23)15-27-24-14-21(26(30)31-4)10-8-18(24)2/h5-15H,16H2,1-4H3,(H,28,29). The summed E-state index contributed by atoms with van der Waals surface area (Å²) in [6.45, 7) is 5.84. The molecule has 0 atom stereocenters. The van der Waals surface area contributed by atoms with Crippen LogP contribution in [0.4, 0.5) is 11.4 Å². The maximum atomic E-state index is 12.2. The molecule has 3 aromatic carbocycles. The Kier molecular flexibility index (Phi) is 7.39. The van der Waals surface area contributed by atoms with E-state index in [0.717, 1.165) is 22.4 Å². The van der Waals surface area contributed by atoms with Crippen LogP contribution >= 0.6 is 0 Å². The highest BCUT2D eigenvalue weighted by Crippen LogP contribution is 2.21. The van der Waals surface area contributed by atoms with E-state index in [9.17, 15) is 9.59 Å². The number of methoxy groups -OCH3 is 1. The molecular formula is C26H26N2O4. The topological polar surface area (TPSA) is 77.0 Å². The lowest BCUT2D eigenvalue weighted by molar-refractivity contribution is -0.118. The molecule has 0 aliphatic carbocycles. The maximum Gasteiger partial charge on any atom is 0.337 e. The highest BCUT2D eigenvalue weighted by atomic mass is 16.5. The second-order valence-electron chi connectivity index (χ2n) is 7.46. The summed E-state index contributed by atoms with van der Waals surface area (Å²) in [5.41, 5.74) is 5.88. The number of rotatable bonds is 7. The number of hydrogen-bond donors (Lipinski definition) is 1. The molecule has 6 nitrogen and oxygen atoms in total. The van der Waals surface area contributed by atoms with Crippen LogP contribution in [0.25, 0.3) is 0 Å². The molecule has 0 aromatic heterocycles. The SMILES string of the molecule is COC(=O)c1ccc(C)c(N=Cc2cccc(OCC(=O)Nc3ccc(C)c(C)c3)c2)c1. The smallest absolute Gasteiger partial charge is 0.337 e. The highest BCUT2D eigenvalue weighted by Gasteiger charge is 2.08. The molecule has 0 bridgehead atoms. The minimum absolute atomic E-state index is 0.103. The predicted molar refractivity (Wildman–Crippen MR) is 126 cm³/mol. The van der Waals surface area contributed by atoms with Crippen LogP contribution in [0.5, 0.6) is 5.75 Å². The van der Waals surface area contributed by atoms with Crippen LogP contribution in [0.3, 0.4) is 0 Å². The van der Waals surface area contributed by atoms with E-state index in [1.165, 1.54) is 12.7 Å². The lowest BCUT2D eigenvalue weighted by Crippen LogP contribution is -2.20. The maximum absolute atomic E-state index is 12.2. The second kappa shape index (κ2) is 10.4. The molecule has 0 heterocycles. The van der Waals surface area contributed by atoms with Crippen molar-refractivity contribution >= 4 is 29.5 Å². The molecule has 0 fully saturated rings. The molecular weight excluding hydrogens is 404 g/mol. The molecule has 0 aliphatic heterocycles. The van der Waals surface area contributed by atoms with Crippen LogP contribution in [0.15, 0.2) is 65.7 Å². The number of nitrogens with zero attached hydrogens (tertiary/aromatic N) is 1. The zero-order valence-corrected chi connectivity index (χ0v) is 18.6. The number of nitrogens with one attached hydrogen (secondary N) is 1. The van der Waals surface area contributed by atoms with Crippen LogP contribution < -0.4 is 10.1 Å². The monoisotopic (exact) mass is 430 g/mol. The number of anilines is 1. The number of carbonyl (C=O) groups is 2. The Labute approximate surface area is 187 Å². The van der Waals surface area contributed by atoms with Gasteiger partial charge in [-0.25, -0.2) is 4.79 Å². The van der Waals surface area contributed by atoms with Gasteiger partial charge in [0.2, 0.25) is 0 Å². The van der Waals surface area contributed by atoms with Crippen LogP contribution in [-0.4, -0.2) is 31.8 Å². The second-order valence-corrected chi connectivity index (χ2v) is 7.46. The molecule has 164 valence electrons. The van der Waals surface area contributed by atoms with Gasteiger partial charge in [0.15, 0.2) is 6.61 Å². The first-order valence-electron chi connectivity index (χ1n) is 10.2. The van der Waals surface area contributed by atoms with Gasteiger partial charge in [-0.05, 0) is 79.4 Å². The number of amides is 1. The van der Waals surface area contributed by atoms with Gasteiger partial charge in [0, 0.05) is 11.9 Å². The Morgan fingerprint density at radius 1 is 0.938 bits per heavy atom. The Balaban J connectivity index is 1.63. The van der Waals surface area contributed by atoms with Crippen molar-refractivity contribution in [2.24, 2.45) is 4.99 Å². The fourth-order valence-electron chi connectivity index (χ4n) is 2.99. The summed E-state index contributed by atoms with van der Waals surface area (Å²) in [6.07, 6.45) is 1.69. The first-order valence-corrected chi connectivity index (χ1v) is 10.2. The van der Waals surface area contributed by atoms with Crippen LogP contribution in [0.1, 0.15) is 32.6 Å². The van der Waals surface area contributed by atoms with Gasteiger partial charge < -0.3 is 14.8 Å². The molecule has 0 spiro atoms. The summed E-state index contributed by atoms with van der Waals surface area (Å²) < 4.78 is 10.4. The van der Waals surface area contributed by atoms with Crippen molar-refractivity contribution in [1.82, 2.24) is 0 Å². The van der Waals surface area contributed by atoms with Crippen LogP contribution in [0, 0.1) is 20.8 Å². The quantitative estimate of drug-likeness (QED) is 0.415. The summed E-state index contributed by atoms with van der Waals surface area (Å²) in [7, 11) is 1.35. The molecule has 0 saturated carbocycles. The van der Waals surface area contributed by atoms with Crippen molar-refractivity contribution in [1.29, 1.82) is 0 Å². The molecule has 1 N–H and O–H groups in total. The third kappa shape index (κ3) is 6.04. The fourth-order valence-corrected chi connectivity index (χ4v) is 2.99. The Morgan fingerprint density at radius 2 is 1.72 bits per heavy atom. The Hall–Kier alpha value is -3.93. The first kappa shape index (κ1) is 22.7. The lowest BCUT2D eigenvalue weighted by atomic mass is 10.1. The zero-order valence-electron chi connectivity index (χ0n) is 18.6. The highest BCUT2D eigenvalue weighted by molar-refractivity contribution is 5.92. The molecule has 32 heavy (non-hydrogen) atoms. The van der Waals surface area contributed by atoms with E-state index in [0.29, 0.717) is 17.0 Å². The Morgan fingerprint density at radius 3 is 2.47 bits per heavy atom. The van der Waals surface area contributed by atoms with Gasteiger partial charge in [0.1, 0.15) is 5.75 Å². The number of benzene rings is 3. The van der Waals surface area contributed by atoms with Gasteiger partial charge >= 0.3 is 5.97 Å². The van der Waals surface area contributed by atoms with E-state index in [1.54, 1.807) is 30.5 Å². The molecule has 1 amide bonds. The van der Waals surface area contributed by atoms with E-state index >= 15 is 0 Å². The number of ether oxygens (including phenoxy) is 2. The summed E-state index contributed by atoms with van der Waals surface area (Å²) in [6, 6.07) is 18.3. The molecule has 0 saturated heterocycles. The minimum atomic E-state index is -0.407. The van der Waals surface area contributed by atoms with E-state index in [2.05, 4.69) is 10.3 Å². The number of aryl methyl sites for hydroxylation is 3. The molecule has 0 radical (unpaired) electrons. The van der Waals surface area contributed by atoms with Crippen molar-refractivity contribution in [3.8, 4) is 5.75 Å². The third-order valence-electron chi connectivity index (χ3n) is 5.00. The first-order chi connectivity index (χ1) is 15.4. The zero-order chi connectivity index (χ0) is 23.1. The van der Waals surface area contributed by atoms with E-state index < -0.39 is 5.97 Å². The average Bonchev–Trinajstić information content (AvgIpc) is 2.79. The largest absolute Gasteiger partial charge is 0.484 e. The Bertz CT molecular complexity index is 1170. The molecule has 0 unspecified atom stereocenters. The van der Waals surface area contributed by atoms with Gasteiger partial charge in [-0.3, -0.25) is 9.79 Å². The summed E-state index contributed by atoms with van der Waals surface area (Å²) in [5.74, 6) is -0.0808. The van der Waals surface area contributed by atoms with Gasteiger partial charge in [-0.15, -0.1) is 0 Å². The fraction of sp³-hybridized carbons (Fsp3) is 0.192. The lowest BCUT2D eigenvalue weighted by Gasteiger charge is -2.09. The van der Waals surface area contributed by atoms with Crippen LogP contribution in [-0.2, 0) is 9.53 Å². The number of hydrogen-bond acceptors (Lipinski definition) is 5. The predicted octanol–water partition coefficient (Wildman–Crippen LogP) is 5.17. The molecule has 0 aliphatic rings. The van der Waals surface area contributed by atoms with E-state index in [1.807, 2.05) is 57.2 Å². The van der Waals surface area contributed by atoms with Gasteiger partial charge in [0.25, 0.3) is 5.91 Å². The van der Waals surface area contributed by atoms with Gasteiger partial charge in [-0.1, -0.05) is 24.3 Å².